The highest BCUT2D eigenvalue weighted by molar-refractivity contribution is 5.99. The van der Waals surface area contributed by atoms with Crippen LogP contribution in [0.15, 0.2) is 29.4 Å². The van der Waals surface area contributed by atoms with Crippen LogP contribution >= 0.6 is 0 Å². The van der Waals surface area contributed by atoms with Crippen LogP contribution in [0.5, 0.6) is 0 Å². The van der Waals surface area contributed by atoms with Gasteiger partial charge in [-0.25, -0.2) is 0 Å². The third-order valence-electron chi connectivity index (χ3n) is 4.15. The number of hydrogen-bond acceptors (Lipinski definition) is 4. The van der Waals surface area contributed by atoms with Gasteiger partial charge in [-0.05, 0) is 43.4 Å². The molecule has 6 heteroatoms. The molecule has 2 amide bonds. The van der Waals surface area contributed by atoms with Crippen LogP contribution in [0, 0.1) is 5.92 Å². The second kappa shape index (κ2) is 8.47. The smallest absolute Gasteiger partial charge is 0.263 e. The fourth-order valence-corrected chi connectivity index (χ4v) is 2.58. The molecule has 1 fully saturated rings. The van der Waals surface area contributed by atoms with Crippen molar-refractivity contribution in [1.82, 2.24) is 4.90 Å². The molecule has 1 heterocycles. The molecule has 0 bridgehead atoms. The van der Waals surface area contributed by atoms with E-state index in [0.29, 0.717) is 11.6 Å². The van der Waals surface area contributed by atoms with Gasteiger partial charge >= 0.3 is 0 Å². The van der Waals surface area contributed by atoms with Crippen molar-refractivity contribution < 1.29 is 14.4 Å². The van der Waals surface area contributed by atoms with E-state index in [-0.39, 0.29) is 18.4 Å². The summed E-state index contributed by atoms with van der Waals surface area (Å²) in [7, 11) is 0. The van der Waals surface area contributed by atoms with E-state index in [1.807, 2.05) is 24.0 Å². The summed E-state index contributed by atoms with van der Waals surface area (Å²) in [5.41, 5.74) is 2.29. The Morgan fingerprint density at radius 3 is 2.42 bits per heavy atom. The molecule has 1 aromatic carbocycles. The number of likely N-dealkylation sites (tertiary alicyclic amines) is 1. The third kappa shape index (κ3) is 5.37. The second-order valence-electron chi connectivity index (χ2n) is 6.27. The van der Waals surface area contributed by atoms with Crippen LogP contribution in [-0.4, -0.2) is 42.1 Å². The lowest BCUT2D eigenvalue weighted by molar-refractivity contribution is -0.137. The number of amides is 2. The summed E-state index contributed by atoms with van der Waals surface area (Å²) in [6.07, 6.45) is 2.10. The average Bonchev–Trinajstić information content (AvgIpc) is 2.55. The number of hydrogen-bond donors (Lipinski definition) is 1. The Hall–Kier alpha value is -2.37. The molecule has 0 radical (unpaired) electrons. The van der Waals surface area contributed by atoms with Crippen molar-refractivity contribution in [1.29, 1.82) is 0 Å². The molecule has 0 spiro atoms. The molecule has 24 heavy (non-hydrogen) atoms. The van der Waals surface area contributed by atoms with E-state index in [0.717, 1.165) is 37.2 Å². The number of carbonyl (C=O) groups excluding carboxylic acids is 2. The lowest BCUT2D eigenvalue weighted by Gasteiger charge is -2.29. The fraction of sp³-hybridized carbons (Fsp3) is 0.500. The van der Waals surface area contributed by atoms with Gasteiger partial charge in [-0.2, -0.15) is 0 Å². The first-order valence-electron chi connectivity index (χ1n) is 8.28. The van der Waals surface area contributed by atoms with Gasteiger partial charge in [0, 0.05) is 25.7 Å². The Labute approximate surface area is 142 Å². The van der Waals surface area contributed by atoms with E-state index in [1.165, 1.54) is 6.92 Å². The van der Waals surface area contributed by atoms with Gasteiger partial charge in [0.25, 0.3) is 5.91 Å². The van der Waals surface area contributed by atoms with Gasteiger partial charge in [-0.1, -0.05) is 24.2 Å². The van der Waals surface area contributed by atoms with Crippen LogP contribution in [0.1, 0.15) is 39.2 Å². The molecule has 6 nitrogen and oxygen atoms in total. The first-order valence-corrected chi connectivity index (χ1v) is 8.28. The molecule has 1 aromatic rings. The van der Waals surface area contributed by atoms with Gasteiger partial charge in [-0.15, -0.1) is 0 Å². The SMILES string of the molecule is CC(=O)Nc1ccc(/C(C)=N/OCC(=O)N2CCC(C)CC2)cc1. The Morgan fingerprint density at radius 2 is 1.83 bits per heavy atom. The number of anilines is 1. The maximum atomic E-state index is 12.1. The second-order valence-corrected chi connectivity index (χ2v) is 6.27. The van der Waals surface area contributed by atoms with Crippen molar-refractivity contribution in [2.45, 2.75) is 33.6 Å². The molecular formula is C18H25N3O3. The predicted octanol–water partition coefficient (Wildman–Crippen LogP) is 2.64. The Kier molecular flexibility index (Phi) is 6.35. The molecule has 1 N–H and O–H groups in total. The summed E-state index contributed by atoms with van der Waals surface area (Å²) in [5.74, 6) is 0.567. The van der Waals surface area contributed by atoms with Crippen LogP contribution in [0.25, 0.3) is 0 Å². The summed E-state index contributed by atoms with van der Waals surface area (Å²) >= 11 is 0. The summed E-state index contributed by atoms with van der Waals surface area (Å²) in [5, 5.41) is 6.72. The Balaban J connectivity index is 1.82. The highest BCUT2D eigenvalue weighted by Gasteiger charge is 2.20. The third-order valence-corrected chi connectivity index (χ3v) is 4.15. The minimum Gasteiger partial charge on any atom is -0.385 e. The monoisotopic (exact) mass is 331 g/mol. The molecular weight excluding hydrogens is 306 g/mol. The molecule has 0 atom stereocenters. The van der Waals surface area contributed by atoms with Gasteiger partial charge in [0.1, 0.15) is 0 Å². The van der Waals surface area contributed by atoms with E-state index in [2.05, 4.69) is 17.4 Å². The van der Waals surface area contributed by atoms with E-state index in [1.54, 1.807) is 12.1 Å². The summed E-state index contributed by atoms with van der Waals surface area (Å²) in [4.78, 5) is 30.1. The van der Waals surface area contributed by atoms with Crippen molar-refractivity contribution in [2.24, 2.45) is 11.1 Å². The Bertz CT molecular complexity index is 602. The minimum atomic E-state index is -0.109. The van der Waals surface area contributed by atoms with E-state index in [9.17, 15) is 9.59 Å². The summed E-state index contributed by atoms with van der Waals surface area (Å²) in [6.45, 7) is 7.07. The quantitative estimate of drug-likeness (QED) is 0.666. The zero-order chi connectivity index (χ0) is 17.5. The van der Waals surface area contributed by atoms with Gasteiger partial charge in [-0.3, -0.25) is 9.59 Å². The molecule has 1 saturated heterocycles. The molecule has 1 aliphatic rings. The van der Waals surface area contributed by atoms with Crippen molar-refractivity contribution in [3.05, 3.63) is 29.8 Å². The van der Waals surface area contributed by atoms with Gasteiger partial charge in [0.2, 0.25) is 5.91 Å². The maximum absolute atomic E-state index is 12.1. The number of benzene rings is 1. The molecule has 0 unspecified atom stereocenters. The number of piperidine rings is 1. The normalized spacial score (nSPS) is 16.0. The highest BCUT2D eigenvalue weighted by atomic mass is 16.6. The number of nitrogens with zero attached hydrogens (tertiary/aromatic N) is 2. The van der Waals surface area contributed by atoms with Crippen molar-refractivity contribution >= 4 is 23.2 Å². The van der Waals surface area contributed by atoms with Crippen molar-refractivity contribution in [2.75, 3.05) is 25.0 Å². The van der Waals surface area contributed by atoms with Crippen LogP contribution in [0.4, 0.5) is 5.69 Å². The highest BCUT2D eigenvalue weighted by Crippen LogP contribution is 2.16. The molecule has 1 aliphatic heterocycles. The van der Waals surface area contributed by atoms with Crippen LogP contribution in [0.3, 0.4) is 0 Å². The van der Waals surface area contributed by atoms with Gasteiger partial charge < -0.3 is 15.1 Å². The molecule has 0 saturated carbocycles. The fourth-order valence-electron chi connectivity index (χ4n) is 2.58. The summed E-state index contributed by atoms with van der Waals surface area (Å²) < 4.78 is 0. The maximum Gasteiger partial charge on any atom is 0.263 e. The molecule has 130 valence electrons. The topological polar surface area (TPSA) is 71.0 Å². The number of oxime groups is 1. The zero-order valence-corrected chi connectivity index (χ0v) is 14.5. The molecule has 0 aromatic heterocycles. The standard InChI is InChI=1S/C18H25N3O3/c1-13-8-10-21(11-9-13)18(23)12-24-20-14(2)16-4-6-17(7-5-16)19-15(3)22/h4-7,13H,8-12H2,1-3H3,(H,19,22)/b20-14+. The lowest BCUT2D eigenvalue weighted by Crippen LogP contribution is -2.39. The van der Waals surface area contributed by atoms with Crippen LogP contribution < -0.4 is 5.32 Å². The largest absolute Gasteiger partial charge is 0.385 e. The van der Waals surface area contributed by atoms with E-state index in [4.69, 9.17) is 4.84 Å². The van der Waals surface area contributed by atoms with Gasteiger partial charge in [0.15, 0.2) is 6.61 Å². The molecule has 2 rings (SSSR count). The van der Waals surface area contributed by atoms with Crippen molar-refractivity contribution in [3.63, 3.8) is 0 Å². The number of nitrogens with one attached hydrogen (secondary N) is 1. The van der Waals surface area contributed by atoms with Crippen LogP contribution in [-0.2, 0) is 14.4 Å². The number of rotatable bonds is 5. The summed E-state index contributed by atoms with van der Waals surface area (Å²) in [6, 6.07) is 7.30. The van der Waals surface area contributed by atoms with Gasteiger partial charge in [0.05, 0.1) is 5.71 Å². The first-order chi connectivity index (χ1) is 11.5. The van der Waals surface area contributed by atoms with E-state index < -0.39 is 0 Å². The lowest BCUT2D eigenvalue weighted by atomic mass is 9.99. The average molecular weight is 331 g/mol. The minimum absolute atomic E-state index is 0.0144. The van der Waals surface area contributed by atoms with E-state index >= 15 is 0 Å². The first kappa shape index (κ1) is 18.0. The van der Waals surface area contributed by atoms with Crippen molar-refractivity contribution in [3.8, 4) is 0 Å². The predicted molar refractivity (Wildman–Crippen MR) is 93.9 cm³/mol. The Morgan fingerprint density at radius 1 is 1.21 bits per heavy atom. The molecule has 0 aliphatic carbocycles. The van der Waals surface area contributed by atoms with Crippen LogP contribution in [0.2, 0.25) is 0 Å². The number of carbonyl (C=O) groups is 2. The zero-order valence-electron chi connectivity index (χ0n) is 14.5.